The molecular weight excluding hydrogens is 296 g/mol. The van der Waals surface area contributed by atoms with E-state index in [1.54, 1.807) is 28.9 Å². The fourth-order valence-electron chi connectivity index (χ4n) is 2.35. The molecule has 112 valence electrons. The molecule has 3 N–H and O–H groups in total. The number of hydroxylamine groups is 1. The SMILES string of the molecule is O=C(NO)c1ccc(CNCc2csc3ccccc23)cc1. The smallest absolute Gasteiger partial charge is 0.274 e. The Kier molecular flexibility index (Phi) is 4.48. The van der Waals surface area contributed by atoms with Crippen molar-refractivity contribution < 1.29 is 10.0 Å². The summed E-state index contributed by atoms with van der Waals surface area (Å²) in [4.78, 5) is 11.2. The van der Waals surface area contributed by atoms with Crippen molar-refractivity contribution in [2.75, 3.05) is 0 Å². The number of hydrogen-bond donors (Lipinski definition) is 3. The molecule has 0 aliphatic heterocycles. The van der Waals surface area contributed by atoms with Gasteiger partial charge in [0.1, 0.15) is 0 Å². The van der Waals surface area contributed by atoms with Crippen LogP contribution < -0.4 is 10.8 Å². The number of thiophene rings is 1. The van der Waals surface area contributed by atoms with E-state index >= 15 is 0 Å². The van der Waals surface area contributed by atoms with Crippen LogP contribution in [0.15, 0.2) is 53.9 Å². The minimum absolute atomic E-state index is 0.440. The number of rotatable bonds is 5. The highest BCUT2D eigenvalue weighted by molar-refractivity contribution is 7.17. The van der Waals surface area contributed by atoms with Crippen molar-refractivity contribution in [3.63, 3.8) is 0 Å². The third kappa shape index (κ3) is 3.17. The molecule has 3 rings (SSSR count). The van der Waals surface area contributed by atoms with E-state index < -0.39 is 5.91 Å². The van der Waals surface area contributed by atoms with Crippen molar-refractivity contribution in [3.8, 4) is 0 Å². The minimum Gasteiger partial charge on any atom is -0.309 e. The number of nitrogens with one attached hydrogen (secondary N) is 2. The lowest BCUT2D eigenvalue weighted by molar-refractivity contribution is 0.0706. The second kappa shape index (κ2) is 6.70. The van der Waals surface area contributed by atoms with E-state index in [0.717, 1.165) is 18.7 Å². The third-order valence-corrected chi connectivity index (χ3v) is 4.54. The molecule has 0 fully saturated rings. The monoisotopic (exact) mass is 312 g/mol. The normalized spacial score (nSPS) is 10.8. The van der Waals surface area contributed by atoms with Crippen LogP contribution in [0.25, 0.3) is 10.1 Å². The first kappa shape index (κ1) is 14.7. The Bertz CT molecular complexity index is 781. The van der Waals surface area contributed by atoms with E-state index in [1.807, 2.05) is 12.1 Å². The fourth-order valence-corrected chi connectivity index (χ4v) is 3.31. The lowest BCUT2D eigenvalue weighted by atomic mass is 10.1. The van der Waals surface area contributed by atoms with Gasteiger partial charge in [-0.15, -0.1) is 11.3 Å². The van der Waals surface area contributed by atoms with E-state index in [-0.39, 0.29) is 0 Å². The molecule has 0 aliphatic carbocycles. The molecule has 1 heterocycles. The summed E-state index contributed by atoms with van der Waals surface area (Å²) >= 11 is 1.76. The lowest BCUT2D eigenvalue weighted by Gasteiger charge is -2.05. The van der Waals surface area contributed by atoms with Gasteiger partial charge in [-0.1, -0.05) is 30.3 Å². The summed E-state index contributed by atoms with van der Waals surface area (Å²) in [7, 11) is 0. The Morgan fingerprint density at radius 1 is 1.05 bits per heavy atom. The van der Waals surface area contributed by atoms with Gasteiger partial charge in [0.05, 0.1) is 0 Å². The van der Waals surface area contributed by atoms with Crippen molar-refractivity contribution in [3.05, 3.63) is 70.6 Å². The highest BCUT2D eigenvalue weighted by atomic mass is 32.1. The first-order chi connectivity index (χ1) is 10.8. The van der Waals surface area contributed by atoms with Crippen LogP contribution in [-0.2, 0) is 13.1 Å². The van der Waals surface area contributed by atoms with Crippen LogP contribution in [0.2, 0.25) is 0 Å². The van der Waals surface area contributed by atoms with Crippen LogP contribution in [0.5, 0.6) is 0 Å². The summed E-state index contributed by atoms with van der Waals surface area (Å²) < 4.78 is 1.30. The third-order valence-electron chi connectivity index (χ3n) is 3.52. The number of benzene rings is 2. The molecule has 1 aromatic heterocycles. The summed E-state index contributed by atoms with van der Waals surface area (Å²) in [5.41, 5.74) is 4.46. The summed E-state index contributed by atoms with van der Waals surface area (Å²) in [6, 6.07) is 15.5. The number of amides is 1. The van der Waals surface area contributed by atoms with Crippen molar-refractivity contribution in [2.45, 2.75) is 13.1 Å². The van der Waals surface area contributed by atoms with Crippen LogP contribution in [-0.4, -0.2) is 11.1 Å². The fraction of sp³-hybridized carbons (Fsp3) is 0.118. The Balaban J connectivity index is 1.60. The second-order valence-corrected chi connectivity index (χ2v) is 5.91. The summed E-state index contributed by atoms with van der Waals surface area (Å²) in [5, 5.41) is 15.5. The van der Waals surface area contributed by atoms with Gasteiger partial charge in [-0.05, 0) is 40.1 Å². The van der Waals surface area contributed by atoms with Crippen molar-refractivity contribution in [1.82, 2.24) is 10.8 Å². The molecule has 0 atom stereocenters. The molecule has 0 saturated carbocycles. The van der Waals surface area contributed by atoms with Gasteiger partial charge in [0.15, 0.2) is 0 Å². The van der Waals surface area contributed by atoms with E-state index in [1.165, 1.54) is 15.6 Å². The summed E-state index contributed by atoms with van der Waals surface area (Å²) in [5.74, 6) is -0.496. The Labute approximate surface area is 132 Å². The van der Waals surface area contributed by atoms with E-state index in [4.69, 9.17) is 5.21 Å². The minimum atomic E-state index is -0.496. The van der Waals surface area contributed by atoms with Gasteiger partial charge in [0.2, 0.25) is 0 Å². The number of fused-ring (bicyclic) bond motifs is 1. The van der Waals surface area contributed by atoms with E-state index in [0.29, 0.717) is 5.56 Å². The lowest BCUT2D eigenvalue weighted by Crippen LogP contribution is -2.18. The molecular formula is C17H16N2O2S. The van der Waals surface area contributed by atoms with Crippen LogP contribution in [0, 0.1) is 0 Å². The molecule has 1 amide bonds. The molecule has 0 aliphatic rings. The molecule has 2 aromatic carbocycles. The molecule has 0 saturated heterocycles. The molecule has 0 unspecified atom stereocenters. The van der Waals surface area contributed by atoms with Crippen molar-refractivity contribution >= 4 is 27.3 Å². The zero-order valence-electron chi connectivity index (χ0n) is 11.9. The predicted octanol–water partition coefficient (Wildman–Crippen LogP) is 3.31. The first-order valence-corrected chi connectivity index (χ1v) is 7.85. The Hall–Kier alpha value is -2.21. The van der Waals surface area contributed by atoms with Gasteiger partial charge < -0.3 is 5.32 Å². The van der Waals surface area contributed by atoms with Gasteiger partial charge in [0.25, 0.3) is 5.91 Å². The average Bonchev–Trinajstić information content (AvgIpc) is 2.98. The average molecular weight is 312 g/mol. The van der Waals surface area contributed by atoms with Gasteiger partial charge >= 0.3 is 0 Å². The summed E-state index contributed by atoms with van der Waals surface area (Å²) in [6.45, 7) is 1.54. The topological polar surface area (TPSA) is 61.4 Å². The maximum atomic E-state index is 11.2. The number of hydrogen-bond acceptors (Lipinski definition) is 4. The summed E-state index contributed by atoms with van der Waals surface area (Å²) in [6.07, 6.45) is 0. The molecule has 0 bridgehead atoms. The first-order valence-electron chi connectivity index (χ1n) is 6.97. The van der Waals surface area contributed by atoms with E-state index in [2.05, 4.69) is 35.0 Å². The van der Waals surface area contributed by atoms with Gasteiger partial charge in [0, 0.05) is 23.4 Å². The highest BCUT2D eigenvalue weighted by Gasteiger charge is 2.04. The quantitative estimate of drug-likeness (QED) is 0.500. The molecule has 4 nitrogen and oxygen atoms in total. The van der Waals surface area contributed by atoms with E-state index in [9.17, 15) is 4.79 Å². The molecule has 22 heavy (non-hydrogen) atoms. The van der Waals surface area contributed by atoms with Crippen molar-refractivity contribution in [1.29, 1.82) is 0 Å². The van der Waals surface area contributed by atoms with Crippen LogP contribution >= 0.6 is 11.3 Å². The maximum absolute atomic E-state index is 11.2. The zero-order valence-corrected chi connectivity index (χ0v) is 12.7. The van der Waals surface area contributed by atoms with Crippen LogP contribution in [0.1, 0.15) is 21.5 Å². The van der Waals surface area contributed by atoms with Gasteiger partial charge in [-0.3, -0.25) is 10.0 Å². The number of carbonyl (C=O) groups is 1. The molecule has 5 heteroatoms. The van der Waals surface area contributed by atoms with Crippen LogP contribution in [0.4, 0.5) is 0 Å². The van der Waals surface area contributed by atoms with Crippen LogP contribution in [0.3, 0.4) is 0 Å². The largest absolute Gasteiger partial charge is 0.309 e. The highest BCUT2D eigenvalue weighted by Crippen LogP contribution is 2.25. The van der Waals surface area contributed by atoms with Crippen molar-refractivity contribution in [2.24, 2.45) is 0 Å². The van der Waals surface area contributed by atoms with Gasteiger partial charge in [-0.2, -0.15) is 0 Å². The molecule has 0 radical (unpaired) electrons. The maximum Gasteiger partial charge on any atom is 0.274 e. The predicted molar refractivity (Wildman–Crippen MR) is 88.1 cm³/mol. The zero-order chi connectivity index (χ0) is 15.4. The standard InChI is InChI=1S/C17H16N2O2S/c20-17(19-21)13-7-5-12(6-8-13)9-18-10-14-11-22-16-4-2-1-3-15(14)16/h1-8,11,18,21H,9-10H2,(H,19,20). The Morgan fingerprint density at radius 2 is 1.82 bits per heavy atom. The molecule has 0 spiro atoms. The molecule has 3 aromatic rings. The van der Waals surface area contributed by atoms with Gasteiger partial charge in [-0.25, -0.2) is 5.48 Å². The number of carbonyl (C=O) groups excluding carboxylic acids is 1. The Morgan fingerprint density at radius 3 is 2.59 bits per heavy atom. The second-order valence-electron chi connectivity index (χ2n) is 5.00.